The van der Waals surface area contributed by atoms with Crippen LogP contribution in [0.15, 0.2) is 72.9 Å². The molecule has 2 bridgehead atoms. The molecule has 41 heavy (non-hydrogen) atoms. The number of rotatable bonds is 7. The fraction of sp³-hybridized carbons (Fsp3) is 0.303. The first-order valence-electron chi connectivity index (χ1n) is 13.9. The smallest absolute Gasteiger partial charge is 0.330 e. The number of anilines is 1. The van der Waals surface area contributed by atoms with Crippen LogP contribution >= 0.6 is 0 Å². The van der Waals surface area contributed by atoms with Crippen molar-refractivity contribution in [2.75, 3.05) is 12.0 Å². The summed E-state index contributed by atoms with van der Waals surface area (Å²) in [5.74, 6) is -0.773. The zero-order chi connectivity index (χ0) is 28.7. The Bertz CT molecular complexity index is 1640. The van der Waals surface area contributed by atoms with Gasteiger partial charge in [-0.25, -0.2) is 9.18 Å². The second-order valence-corrected chi connectivity index (χ2v) is 11.1. The summed E-state index contributed by atoms with van der Waals surface area (Å²) in [6.45, 7) is 0. The number of carbonyl (C=O) groups is 2. The Labute approximate surface area is 237 Å². The number of aliphatic hydroxyl groups excluding tert-OH is 1. The molecule has 1 amide bonds. The van der Waals surface area contributed by atoms with Crippen LogP contribution in [0.1, 0.15) is 43.0 Å². The molecule has 0 radical (unpaired) electrons. The molecule has 2 saturated carbocycles. The molecule has 2 fully saturated rings. The average Bonchev–Trinajstić information content (AvgIpc) is 3.72. The van der Waals surface area contributed by atoms with Crippen molar-refractivity contribution < 1.29 is 23.8 Å². The third-order valence-electron chi connectivity index (χ3n) is 8.62. The minimum atomic E-state index is -1.32. The van der Waals surface area contributed by atoms with Crippen LogP contribution in [0.3, 0.4) is 0 Å². The normalized spacial score (nSPS) is 20.5. The van der Waals surface area contributed by atoms with Gasteiger partial charge < -0.3 is 9.84 Å². The number of halogens is 1. The van der Waals surface area contributed by atoms with Crippen molar-refractivity contribution in [2.24, 2.45) is 24.8 Å². The molecule has 210 valence electrons. The first kappa shape index (κ1) is 26.9. The molecule has 1 unspecified atom stereocenters. The van der Waals surface area contributed by atoms with E-state index in [1.165, 1.54) is 36.3 Å². The molecule has 0 saturated heterocycles. The molecule has 8 heteroatoms. The van der Waals surface area contributed by atoms with Gasteiger partial charge in [0.05, 0.1) is 24.5 Å². The predicted molar refractivity (Wildman–Crippen MR) is 155 cm³/mol. The molecule has 2 aliphatic carbocycles. The predicted octanol–water partition coefficient (Wildman–Crippen LogP) is 6.03. The van der Waals surface area contributed by atoms with Crippen LogP contribution < -0.4 is 4.90 Å². The number of carbonyl (C=O) groups excluding carboxylic acids is 2. The van der Waals surface area contributed by atoms with Crippen LogP contribution in [0.25, 0.3) is 28.1 Å². The van der Waals surface area contributed by atoms with E-state index in [0.717, 1.165) is 47.7 Å². The number of amides is 1. The molecule has 3 aromatic carbocycles. The zero-order valence-corrected chi connectivity index (χ0v) is 23.0. The number of methoxy groups -OCH3 is 1. The van der Waals surface area contributed by atoms with E-state index in [2.05, 4.69) is 15.9 Å². The van der Waals surface area contributed by atoms with E-state index >= 15 is 0 Å². The van der Waals surface area contributed by atoms with E-state index < -0.39 is 18.0 Å². The molecule has 0 spiro atoms. The lowest BCUT2D eigenvalue weighted by Gasteiger charge is -2.33. The van der Waals surface area contributed by atoms with Crippen molar-refractivity contribution in [2.45, 2.75) is 31.9 Å². The molecule has 6 rings (SSSR count). The Kier molecular flexibility index (Phi) is 7.17. The van der Waals surface area contributed by atoms with Gasteiger partial charge in [-0.15, -0.1) is 0 Å². The highest BCUT2D eigenvalue weighted by Gasteiger charge is 2.45. The van der Waals surface area contributed by atoms with Gasteiger partial charge in [0.2, 0.25) is 5.91 Å². The van der Waals surface area contributed by atoms with Crippen LogP contribution in [0.4, 0.5) is 10.1 Å². The quantitative estimate of drug-likeness (QED) is 0.172. The number of ether oxygens (including phenoxy) is 1. The van der Waals surface area contributed by atoms with Gasteiger partial charge in [-0.05, 0) is 84.2 Å². The minimum absolute atomic E-state index is 0.204. The second-order valence-electron chi connectivity index (χ2n) is 11.1. The van der Waals surface area contributed by atoms with Gasteiger partial charge in [0.15, 0.2) is 6.23 Å². The van der Waals surface area contributed by atoms with Gasteiger partial charge in [0.1, 0.15) is 5.82 Å². The van der Waals surface area contributed by atoms with Crippen molar-refractivity contribution >= 4 is 34.5 Å². The Hall–Kier alpha value is -4.30. The van der Waals surface area contributed by atoms with Crippen LogP contribution in [0.2, 0.25) is 0 Å². The first-order chi connectivity index (χ1) is 19.8. The standard InChI is InChI=1S/C33H32FN3O4/c1-36-30-11-10-24(17-26(30)19-35-36)22-6-8-23(9-7-22)32(39)37(33(40)29-16-20-3-5-25(29)13-20)28-15-21(14-27(34)18-28)4-12-31(38)41-2/h4,6-12,14-15,17-20,25,29,32,39H,3,5,13,16H2,1-2H3/b12-4+/t20-,25+,29-,32?/m1/s1. The summed E-state index contributed by atoms with van der Waals surface area (Å²) >= 11 is 0. The molecule has 1 aromatic heterocycles. The van der Waals surface area contributed by atoms with Crippen LogP contribution in [0.5, 0.6) is 0 Å². The summed E-state index contributed by atoms with van der Waals surface area (Å²) in [7, 11) is 3.16. The summed E-state index contributed by atoms with van der Waals surface area (Å²) in [5, 5.41) is 17.0. The Morgan fingerprint density at radius 3 is 2.56 bits per heavy atom. The number of esters is 1. The van der Waals surface area contributed by atoms with Gasteiger partial charge in [0.25, 0.3) is 0 Å². The number of nitrogens with zero attached hydrogens (tertiary/aromatic N) is 3. The number of aromatic nitrogens is 2. The number of aliphatic hydroxyl groups is 1. The minimum Gasteiger partial charge on any atom is -0.466 e. The summed E-state index contributed by atoms with van der Waals surface area (Å²) < 4.78 is 21.3. The number of aryl methyl sites for hydroxylation is 1. The highest BCUT2D eigenvalue weighted by molar-refractivity contribution is 5.96. The number of hydrogen-bond donors (Lipinski definition) is 1. The van der Waals surface area contributed by atoms with Crippen molar-refractivity contribution in [1.29, 1.82) is 0 Å². The summed E-state index contributed by atoms with van der Waals surface area (Å²) in [6, 6.07) is 17.6. The molecular weight excluding hydrogens is 521 g/mol. The Morgan fingerprint density at radius 1 is 1.07 bits per heavy atom. The van der Waals surface area contributed by atoms with E-state index in [1.807, 2.05) is 42.2 Å². The van der Waals surface area contributed by atoms with Crippen LogP contribution in [-0.2, 0) is 21.4 Å². The highest BCUT2D eigenvalue weighted by atomic mass is 19.1. The Balaban J connectivity index is 1.34. The lowest BCUT2D eigenvalue weighted by atomic mass is 9.87. The largest absolute Gasteiger partial charge is 0.466 e. The SMILES string of the molecule is COC(=O)/C=C/c1cc(F)cc(N(C(=O)[C@@H]2C[C@@H]3CC[C@H]2C3)C(O)c2ccc(-c3ccc4c(cnn4C)c3)cc2)c1. The molecule has 0 aliphatic heterocycles. The van der Waals surface area contributed by atoms with Crippen LogP contribution in [0, 0.1) is 23.6 Å². The monoisotopic (exact) mass is 553 g/mol. The number of hydrogen-bond acceptors (Lipinski definition) is 5. The fourth-order valence-electron chi connectivity index (χ4n) is 6.52. The average molecular weight is 554 g/mol. The summed E-state index contributed by atoms with van der Waals surface area (Å²) in [5.41, 5.74) is 4.13. The maximum atomic E-state index is 14.8. The molecular formula is C33H32FN3O4. The van der Waals surface area contributed by atoms with Crippen molar-refractivity contribution in [1.82, 2.24) is 9.78 Å². The summed E-state index contributed by atoms with van der Waals surface area (Å²) in [4.78, 5) is 27.0. The van der Waals surface area contributed by atoms with Crippen molar-refractivity contribution in [3.63, 3.8) is 0 Å². The zero-order valence-electron chi connectivity index (χ0n) is 23.0. The van der Waals surface area contributed by atoms with E-state index in [-0.39, 0.29) is 23.4 Å². The van der Waals surface area contributed by atoms with Gasteiger partial charge in [-0.1, -0.05) is 36.8 Å². The van der Waals surface area contributed by atoms with E-state index in [1.54, 1.807) is 18.2 Å². The Morgan fingerprint density at radius 2 is 1.85 bits per heavy atom. The lowest BCUT2D eigenvalue weighted by molar-refractivity contribution is -0.134. The number of benzene rings is 3. The fourth-order valence-corrected chi connectivity index (χ4v) is 6.52. The molecule has 4 atom stereocenters. The topological polar surface area (TPSA) is 84.7 Å². The van der Waals surface area contributed by atoms with E-state index in [4.69, 9.17) is 0 Å². The summed E-state index contributed by atoms with van der Waals surface area (Å²) in [6.07, 6.45) is 7.06. The molecule has 1 heterocycles. The van der Waals surface area contributed by atoms with E-state index in [0.29, 0.717) is 17.0 Å². The van der Waals surface area contributed by atoms with E-state index in [9.17, 15) is 19.1 Å². The molecule has 4 aromatic rings. The maximum Gasteiger partial charge on any atom is 0.330 e. The van der Waals surface area contributed by atoms with Gasteiger partial charge in [0, 0.05) is 30.0 Å². The maximum absolute atomic E-state index is 14.8. The molecule has 2 aliphatic rings. The van der Waals surface area contributed by atoms with Gasteiger partial charge >= 0.3 is 5.97 Å². The second kappa shape index (κ2) is 10.9. The lowest BCUT2D eigenvalue weighted by Crippen LogP contribution is -2.41. The van der Waals surface area contributed by atoms with Crippen LogP contribution in [-0.4, -0.2) is 33.9 Å². The third-order valence-corrected chi connectivity index (χ3v) is 8.62. The van der Waals surface area contributed by atoms with Crippen molar-refractivity contribution in [3.8, 4) is 11.1 Å². The number of fused-ring (bicyclic) bond motifs is 3. The third kappa shape index (κ3) is 5.27. The molecule has 1 N–H and O–H groups in total. The first-order valence-corrected chi connectivity index (χ1v) is 13.9. The molecule has 7 nitrogen and oxygen atoms in total. The van der Waals surface area contributed by atoms with Gasteiger partial charge in [-0.3, -0.25) is 14.4 Å². The highest BCUT2D eigenvalue weighted by Crippen LogP contribution is 2.49. The van der Waals surface area contributed by atoms with Crippen molar-refractivity contribution in [3.05, 3.63) is 89.9 Å². The van der Waals surface area contributed by atoms with Gasteiger partial charge in [-0.2, -0.15) is 5.10 Å².